The Kier molecular flexibility index (Phi) is 9.50. The first-order chi connectivity index (χ1) is 9.81. The van der Waals surface area contributed by atoms with E-state index in [-0.39, 0.29) is 24.0 Å². The van der Waals surface area contributed by atoms with Crippen LogP contribution >= 0.6 is 35.7 Å². The van der Waals surface area contributed by atoms with Crippen molar-refractivity contribution in [2.24, 2.45) is 10.7 Å². The van der Waals surface area contributed by atoms with Gasteiger partial charge < -0.3 is 15.8 Å². The number of rotatable bonds is 4. The van der Waals surface area contributed by atoms with E-state index in [0.29, 0.717) is 11.7 Å². The van der Waals surface area contributed by atoms with E-state index in [2.05, 4.69) is 10.3 Å². The second kappa shape index (κ2) is 9.94. The molecule has 0 unspecified atom stereocenters. The topological polar surface area (TPSA) is 76.7 Å². The number of thioether (sulfide) groups is 1. The number of amides is 1. The molecule has 0 aliphatic rings. The predicted octanol–water partition coefficient (Wildman–Crippen LogP) is 4.03. The molecule has 1 rings (SSSR count). The first-order valence-corrected chi connectivity index (χ1v) is 7.82. The molecule has 124 valence electrons. The zero-order valence-electron chi connectivity index (χ0n) is 13.4. The van der Waals surface area contributed by atoms with E-state index in [1.165, 1.54) is 11.8 Å². The van der Waals surface area contributed by atoms with Crippen LogP contribution in [0.25, 0.3) is 0 Å². The van der Waals surface area contributed by atoms with Crippen LogP contribution in [0.3, 0.4) is 0 Å². The van der Waals surface area contributed by atoms with Gasteiger partial charge in [-0.15, -0.1) is 24.0 Å². The van der Waals surface area contributed by atoms with Crippen LogP contribution in [0, 0.1) is 0 Å². The highest BCUT2D eigenvalue weighted by molar-refractivity contribution is 14.0. The molecule has 0 saturated carbocycles. The summed E-state index contributed by atoms with van der Waals surface area (Å²) in [5.41, 5.74) is 6.96. The molecule has 0 aliphatic heterocycles. The summed E-state index contributed by atoms with van der Waals surface area (Å²) < 4.78 is 5.20. The molecular weight excluding hydrogens is 413 g/mol. The third kappa shape index (κ3) is 8.47. The van der Waals surface area contributed by atoms with Gasteiger partial charge in [-0.1, -0.05) is 36.9 Å². The number of benzene rings is 1. The van der Waals surface area contributed by atoms with E-state index in [9.17, 15) is 4.79 Å². The predicted molar refractivity (Wildman–Crippen MR) is 104 cm³/mol. The second-order valence-corrected chi connectivity index (χ2v) is 6.65. The summed E-state index contributed by atoms with van der Waals surface area (Å²) in [4.78, 5) is 16.0. The van der Waals surface area contributed by atoms with Crippen LogP contribution in [0.1, 0.15) is 33.3 Å². The average molecular weight is 437 g/mol. The standard InChI is InChI=1S/C15H23N3O2S.HI/c1-5-21-13(16)18-12-9-7-6-8-11(12)10-17-14(19)20-15(2,3)4;/h6-9H,5,10H2,1-4H3,(H2,16,18)(H,17,19);1H. The summed E-state index contributed by atoms with van der Waals surface area (Å²) in [5.74, 6) is 0.869. The number of nitrogens with two attached hydrogens (primary N) is 1. The van der Waals surface area contributed by atoms with Crippen LogP contribution in [0.2, 0.25) is 0 Å². The first kappa shape index (κ1) is 21.0. The molecule has 0 radical (unpaired) electrons. The van der Waals surface area contributed by atoms with Crippen molar-refractivity contribution < 1.29 is 9.53 Å². The number of halogens is 1. The van der Waals surface area contributed by atoms with Gasteiger partial charge in [0.25, 0.3) is 0 Å². The molecular formula is C15H24IN3O2S. The highest BCUT2D eigenvalue weighted by atomic mass is 127. The first-order valence-electron chi connectivity index (χ1n) is 6.83. The van der Waals surface area contributed by atoms with E-state index < -0.39 is 11.7 Å². The van der Waals surface area contributed by atoms with Crippen molar-refractivity contribution >= 4 is 52.7 Å². The van der Waals surface area contributed by atoms with Gasteiger partial charge in [-0.2, -0.15) is 0 Å². The van der Waals surface area contributed by atoms with E-state index in [1.807, 2.05) is 52.0 Å². The molecule has 1 aromatic rings. The largest absolute Gasteiger partial charge is 0.444 e. The fourth-order valence-corrected chi connectivity index (χ4v) is 2.01. The third-order valence-corrected chi connectivity index (χ3v) is 3.01. The fraction of sp³-hybridized carbons (Fsp3) is 0.467. The smallest absolute Gasteiger partial charge is 0.407 e. The molecule has 1 aromatic carbocycles. The number of carbonyl (C=O) groups excluding carboxylic acids is 1. The highest BCUT2D eigenvalue weighted by Gasteiger charge is 2.16. The molecule has 0 heterocycles. The highest BCUT2D eigenvalue weighted by Crippen LogP contribution is 2.20. The molecule has 5 nitrogen and oxygen atoms in total. The molecule has 0 aliphatic carbocycles. The molecule has 0 spiro atoms. The van der Waals surface area contributed by atoms with Crippen LogP contribution in [-0.2, 0) is 11.3 Å². The van der Waals surface area contributed by atoms with Crippen LogP contribution < -0.4 is 11.1 Å². The van der Waals surface area contributed by atoms with Gasteiger partial charge in [-0.25, -0.2) is 9.79 Å². The zero-order chi connectivity index (χ0) is 15.9. The zero-order valence-corrected chi connectivity index (χ0v) is 16.5. The van der Waals surface area contributed by atoms with E-state index in [4.69, 9.17) is 10.5 Å². The summed E-state index contributed by atoms with van der Waals surface area (Å²) in [6.45, 7) is 7.84. The normalized spacial score (nSPS) is 11.5. The average Bonchev–Trinajstić information content (AvgIpc) is 2.36. The molecule has 0 fully saturated rings. The summed E-state index contributed by atoms with van der Waals surface area (Å²) >= 11 is 1.48. The van der Waals surface area contributed by atoms with Gasteiger partial charge in [-0.05, 0) is 38.2 Å². The number of hydrogen-bond acceptors (Lipinski definition) is 4. The summed E-state index contributed by atoms with van der Waals surface area (Å²) in [6.07, 6.45) is -0.447. The minimum Gasteiger partial charge on any atom is -0.444 e. The number of nitrogens with one attached hydrogen (secondary N) is 1. The van der Waals surface area contributed by atoms with Crippen molar-refractivity contribution in [3.8, 4) is 0 Å². The van der Waals surface area contributed by atoms with Crippen LogP contribution in [0.5, 0.6) is 0 Å². The van der Waals surface area contributed by atoms with Gasteiger partial charge in [0.1, 0.15) is 5.60 Å². The van der Waals surface area contributed by atoms with Crippen molar-refractivity contribution in [1.82, 2.24) is 5.32 Å². The lowest BCUT2D eigenvalue weighted by atomic mass is 10.2. The summed E-state index contributed by atoms with van der Waals surface area (Å²) in [5, 5.41) is 3.24. The van der Waals surface area contributed by atoms with Gasteiger partial charge in [0.05, 0.1) is 5.69 Å². The number of amidine groups is 1. The maximum Gasteiger partial charge on any atom is 0.407 e. The number of ether oxygens (including phenoxy) is 1. The molecule has 3 N–H and O–H groups in total. The maximum absolute atomic E-state index is 11.7. The Morgan fingerprint density at radius 1 is 1.36 bits per heavy atom. The van der Waals surface area contributed by atoms with Gasteiger partial charge in [0, 0.05) is 6.54 Å². The third-order valence-electron chi connectivity index (χ3n) is 2.34. The summed E-state index contributed by atoms with van der Waals surface area (Å²) in [7, 11) is 0. The van der Waals surface area contributed by atoms with E-state index in [0.717, 1.165) is 17.0 Å². The molecule has 1 amide bonds. The lowest BCUT2D eigenvalue weighted by molar-refractivity contribution is 0.0523. The monoisotopic (exact) mass is 437 g/mol. The molecule has 0 bridgehead atoms. The Balaban J connectivity index is 0.00000441. The minimum atomic E-state index is -0.510. The Morgan fingerprint density at radius 2 is 2.00 bits per heavy atom. The van der Waals surface area contributed by atoms with E-state index >= 15 is 0 Å². The van der Waals surface area contributed by atoms with Gasteiger partial charge in [-0.3, -0.25) is 0 Å². The Labute approximate surface area is 153 Å². The minimum absolute atomic E-state index is 0. The number of alkyl carbamates (subject to hydrolysis) is 1. The van der Waals surface area contributed by atoms with Gasteiger partial charge in [0.2, 0.25) is 0 Å². The molecule has 0 aromatic heterocycles. The molecule has 0 atom stereocenters. The number of carbonyl (C=O) groups is 1. The summed E-state index contributed by atoms with van der Waals surface area (Å²) in [6, 6.07) is 7.56. The molecule has 22 heavy (non-hydrogen) atoms. The van der Waals surface area contributed by atoms with Crippen molar-refractivity contribution in [2.75, 3.05) is 5.75 Å². The molecule has 7 heteroatoms. The lowest BCUT2D eigenvalue weighted by Gasteiger charge is -2.19. The SMILES string of the molecule is CCSC(N)=Nc1ccccc1CNC(=O)OC(C)(C)C.I. The van der Waals surface area contributed by atoms with Crippen molar-refractivity contribution in [2.45, 2.75) is 39.8 Å². The van der Waals surface area contributed by atoms with Gasteiger partial charge >= 0.3 is 6.09 Å². The van der Waals surface area contributed by atoms with E-state index in [1.54, 1.807) is 0 Å². The fourth-order valence-electron chi connectivity index (χ4n) is 1.55. The number of aliphatic imine (C=N–C) groups is 1. The Bertz CT molecular complexity index is 516. The Morgan fingerprint density at radius 3 is 2.59 bits per heavy atom. The van der Waals surface area contributed by atoms with Gasteiger partial charge in [0.15, 0.2) is 5.17 Å². The second-order valence-electron chi connectivity index (χ2n) is 5.37. The van der Waals surface area contributed by atoms with Crippen molar-refractivity contribution in [1.29, 1.82) is 0 Å². The Hall–Kier alpha value is -0.960. The number of nitrogens with zero attached hydrogens (tertiary/aromatic N) is 1. The maximum atomic E-state index is 11.7. The number of hydrogen-bond donors (Lipinski definition) is 2. The van der Waals surface area contributed by atoms with Crippen molar-refractivity contribution in [3.05, 3.63) is 29.8 Å². The van der Waals surface area contributed by atoms with Crippen LogP contribution in [0.4, 0.5) is 10.5 Å². The van der Waals surface area contributed by atoms with Crippen LogP contribution in [0.15, 0.2) is 29.3 Å². The quantitative estimate of drug-likeness (QED) is 0.424. The lowest BCUT2D eigenvalue weighted by Crippen LogP contribution is -2.32. The van der Waals surface area contributed by atoms with Crippen LogP contribution in [-0.4, -0.2) is 22.6 Å². The number of para-hydroxylation sites is 1. The van der Waals surface area contributed by atoms with Crippen molar-refractivity contribution in [3.63, 3.8) is 0 Å². The molecule has 0 saturated heterocycles.